The van der Waals surface area contributed by atoms with Crippen LogP contribution < -0.4 is 56.7 Å². The summed E-state index contributed by atoms with van der Waals surface area (Å²) in [6, 6.07) is 15.0. The van der Waals surface area contributed by atoms with Crippen LogP contribution in [0.4, 0.5) is 5.69 Å². The van der Waals surface area contributed by atoms with Crippen molar-refractivity contribution in [3.63, 3.8) is 0 Å². The molecule has 1 unspecified atom stereocenters. The topological polar surface area (TPSA) is 26.1 Å². The second kappa shape index (κ2) is 7.86. The van der Waals surface area contributed by atoms with Gasteiger partial charge in [-0.25, -0.2) is 0 Å². The van der Waals surface area contributed by atoms with E-state index in [-0.39, 0.29) is 56.9 Å². The van der Waals surface area contributed by atoms with Crippen molar-refractivity contribution in [1.82, 2.24) is 5.32 Å². The number of hydrogen-bond donors (Lipinski definition) is 1. The van der Waals surface area contributed by atoms with Gasteiger partial charge in [0, 0.05) is 11.7 Å². The normalized spacial score (nSPS) is 16.2. The Morgan fingerprint density at radius 2 is 1.71 bits per heavy atom. The van der Waals surface area contributed by atoms with E-state index in [9.17, 15) is 0 Å². The predicted octanol–water partition coefficient (Wildman–Crippen LogP) is 2.07. The number of rotatable bonds is 3. The van der Waals surface area contributed by atoms with Gasteiger partial charge in [0.15, 0.2) is 0 Å². The zero-order chi connectivity index (χ0) is 13.9. The monoisotopic (exact) mass is 320 g/mol. The number of nitrogens with one attached hydrogen (secondary N) is 1. The molecule has 21 heavy (non-hydrogen) atoms. The molecule has 0 amide bonds. The Hall–Kier alpha value is -0.234. The van der Waals surface area contributed by atoms with Gasteiger partial charge < -0.3 is 10.6 Å². The minimum absolute atomic E-state index is 0. The number of nitrogens with zero attached hydrogens (tertiary/aromatic N) is 1. The average molecular weight is 321 g/mol. The summed E-state index contributed by atoms with van der Waals surface area (Å²) in [5.41, 5.74) is 6.06. The minimum Gasteiger partial charge on any atom is -0.656 e. The maximum absolute atomic E-state index is 4.79. The molecule has 0 fully saturated rings. The molecule has 2 aromatic carbocycles. The molecule has 1 atom stereocenters. The molecule has 4 heteroatoms. The molecule has 1 aliphatic rings. The van der Waals surface area contributed by atoms with Crippen LogP contribution in [-0.2, 0) is 0 Å². The third-order valence-corrected chi connectivity index (χ3v) is 4.08. The first kappa shape index (κ1) is 17.1. The van der Waals surface area contributed by atoms with Crippen LogP contribution in [-0.4, -0.2) is 5.50 Å². The Labute approximate surface area is 173 Å². The molecule has 1 heterocycles. The van der Waals surface area contributed by atoms with Crippen LogP contribution in [0.2, 0.25) is 0 Å². The molecule has 3 rings (SSSR count). The van der Waals surface area contributed by atoms with E-state index in [2.05, 4.69) is 61.6 Å². The molecule has 102 valence electrons. The van der Waals surface area contributed by atoms with Gasteiger partial charge in [-0.15, -0.1) is 17.4 Å². The summed E-state index contributed by atoms with van der Waals surface area (Å²) in [7, 11) is 0. The van der Waals surface area contributed by atoms with Crippen molar-refractivity contribution < 1.29 is 51.4 Å². The van der Waals surface area contributed by atoms with Crippen LogP contribution in [0.25, 0.3) is 16.4 Å². The van der Waals surface area contributed by atoms with Gasteiger partial charge in [0.2, 0.25) is 0 Å². The van der Waals surface area contributed by atoms with Gasteiger partial charge in [0.1, 0.15) is 0 Å². The van der Waals surface area contributed by atoms with Crippen molar-refractivity contribution in [3.8, 4) is 11.1 Å². The van der Waals surface area contributed by atoms with Crippen molar-refractivity contribution >= 4 is 17.4 Å². The third-order valence-electron chi connectivity index (χ3n) is 3.29. The molecule has 2 nitrogen and oxygen atoms in total. The van der Waals surface area contributed by atoms with Crippen LogP contribution in [0, 0.1) is 13.8 Å². The van der Waals surface area contributed by atoms with Gasteiger partial charge in [-0.1, -0.05) is 53.6 Å². The van der Waals surface area contributed by atoms with Crippen LogP contribution in [0.1, 0.15) is 11.1 Å². The Kier molecular flexibility index (Phi) is 6.41. The van der Waals surface area contributed by atoms with Crippen molar-refractivity contribution in [2.75, 3.05) is 0 Å². The Morgan fingerprint density at radius 3 is 2.38 bits per heavy atom. The molecule has 1 aliphatic heterocycles. The second-order valence-electron chi connectivity index (χ2n) is 4.97. The smallest absolute Gasteiger partial charge is 0.656 e. The Balaban J connectivity index is 0.00000161. The summed E-state index contributed by atoms with van der Waals surface area (Å²) in [6.07, 6.45) is 1.94. The minimum atomic E-state index is 0. The van der Waals surface area contributed by atoms with Crippen molar-refractivity contribution in [2.45, 2.75) is 19.3 Å². The van der Waals surface area contributed by atoms with E-state index in [0.29, 0.717) is 0 Å². The quantitative estimate of drug-likeness (QED) is 0.876. The fourth-order valence-electron chi connectivity index (χ4n) is 2.20. The molecular formula is C17H17KN2S. The number of thioether (sulfide) groups is 1. The zero-order valence-electron chi connectivity index (χ0n) is 12.6. The van der Waals surface area contributed by atoms with Crippen molar-refractivity contribution in [2.24, 2.45) is 0 Å². The molecule has 0 bridgehead atoms. The van der Waals surface area contributed by atoms with E-state index in [0.717, 1.165) is 5.69 Å². The van der Waals surface area contributed by atoms with Crippen LogP contribution >= 0.6 is 11.8 Å². The summed E-state index contributed by atoms with van der Waals surface area (Å²) in [5, 5.41) is 10.0. The summed E-state index contributed by atoms with van der Waals surface area (Å²) in [6.45, 7) is 4.22. The first-order chi connectivity index (χ1) is 9.72. The first-order valence-corrected chi connectivity index (χ1v) is 7.62. The summed E-state index contributed by atoms with van der Waals surface area (Å²) >= 11 is 1.69. The van der Waals surface area contributed by atoms with Gasteiger partial charge in [-0.05, 0) is 30.4 Å². The molecule has 0 aromatic heterocycles. The maximum atomic E-state index is 4.79. The maximum Gasteiger partial charge on any atom is 1.00 e. The fourth-order valence-corrected chi connectivity index (χ4v) is 2.83. The van der Waals surface area contributed by atoms with Crippen molar-refractivity contribution in [3.05, 3.63) is 70.5 Å². The van der Waals surface area contributed by atoms with E-state index >= 15 is 0 Å². The van der Waals surface area contributed by atoms with E-state index in [1.807, 2.05) is 11.6 Å². The van der Waals surface area contributed by atoms with Gasteiger partial charge >= 0.3 is 51.4 Å². The molecule has 0 aliphatic carbocycles. The van der Waals surface area contributed by atoms with Crippen LogP contribution in [0.3, 0.4) is 0 Å². The second-order valence-corrected chi connectivity index (χ2v) is 5.96. The van der Waals surface area contributed by atoms with Gasteiger partial charge in [-0.3, -0.25) is 0 Å². The molecule has 0 saturated heterocycles. The average Bonchev–Trinajstić information content (AvgIpc) is 2.95. The fraction of sp³-hybridized carbons (Fsp3) is 0.176. The van der Waals surface area contributed by atoms with Gasteiger partial charge in [0.25, 0.3) is 0 Å². The first-order valence-electron chi connectivity index (χ1n) is 6.67. The largest absolute Gasteiger partial charge is 1.00 e. The van der Waals surface area contributed by atoms with Crippen LogP contribution in [0.5, 0.6) is 0 Å². The van der Waals surface area contributed by atoms with Crippen LogP contribution in [0.15, 0.2) is 54.1 Å². The summed E-state index contributed by atoms with van der Waals surface area (Å²) < 4.78 is 0. The van der Waals surface area contributed by atoms with Gasteiger partial charge in [0.05, 0.1) is 0 Å². The molecule has 0 radical (unpaired) electrons. The molecule has 0 saturated carbocycles. The molecule has 0 spiro atoms. The predicted molar refractivity (Wildman–Crippen MR) is 88.0 cm³/mol. The Morgan fingerprint density at radius 1 is 1.00 bits per heavy atom. The SMILES string of the molecule is Cc1ccc(-c2cc(C)ccc2[N-]C2NC=CS2)cc1.[K+]. The molecular weight excluding hydrogens is 303 g/mol. The standard InChI is InChI=1S/C17H17N2S.K/c1-12-3-6-14(7-4-12)15-11-13(2)5-8-16(15)19-17-18-9-10-20-17;/h3-11,17-18H,1-2H3;/q-1;+1. The van der Waals surface area contributed by atoms with Crippen molar-refractivity contribution in [1.29, 1.82) is 0 Å². The summed E-state index contributed by atoms with van der Waals surface area (Å²) in [4.78, 5) is 0. The van der Waals surface area contributed by atoms with E-state index in [1.54, 1.807) is 11.8 Å². The molecule has 2 aromatic rings. The summed E-state index contributed by atoms with van der Waals surface area (Å²) in [5.74, 6) is 0. The van der Waals surface area contributed by atoms with Gasteiger partial charge in [-0.2, -0.15) is 0 Å². The number of aryl methyl sites for hydroxylation is 2. The van der Waals surface area contributed by atoms with E-state index < -0.39 is 0 Å². The molecule has 1 N–H and O–H groups in total. The van der Waals surface area contributed by atoms with E-state index in [1.165, 1.54) is 22.3 Å². The van der Waals surface area contributed by atoms with E-state index in [4.69, 9.17) is 5.32 Å². The zero-order valence-corrected chi connectivity index (χ0v) is 16.6. The third kappa shape index (κ3) is 4.37. The number of benzene rings is 2. The Bertz CT molecular complexity index is 630. The number of hydrogen-bond acceptors (Lipinski definition) is 2.